The smallest absolute Gasteiger partial charge is 0.261 e. The predicted molar refractivity (Wildman–Crippen MR) is 107 cm³/mol. The molecule has 0 bridgehead atoms. The van der Waals surface area contributed by atoms with Gasteiger partial charge in [0.2, 0.25) is 0 Å². The van der Waals surface area contributed by atoms with Crippen LogP contribution in [0.2, 0.25) is 5.02 Å². The second kappa shape index (κ2) is 9.62. The second-order valence-electron chi connectivity index (χ2n) is 6.13. The third-order valence-corrected chi connectivity index (χ3v) is 5.38. The predicted octanol–water partition coefficient (Wildman–Crippen LogP) is 3.82. The van der Waals surface area contributed by atoms with Crippen molar-refractivity contribution in [3.05, 3.63) is 53.6 Å². The van der Waals surface area contributed by atoms with Gasteiger partial charge < -0.3 is 10.1 Å². The molecule has 0 saturated carbocycles. The van der Waals surface area contributed by atoms with Crippen molar-refractivity contribution in [2.75, 3.05) is 11.3 Å². The third kappa shape index (κ3) is 6.77. The van der Waals surface area contributed by atoms with Crippen molar-refractivity contribution in [1.29, 1.82) is 0 Å². The number of hydrogen-bond acceptors (Lipinski definition) is 4. The summed E-state index contributed by atoms with van der Waals surface area (Å²) < 4.78 is 32.7. The maximum atomic E-state index is 12.4. The molecule has 27 heavy (non-hydrogen) atoms. The van der Waals surface area contributed by atoms with Gasteiger partial charge in [0.05, 0.1) is 4.90 Å². The molecule has 0 unspecified atom stereocenters. The number of benzene rings is 2. The number of sulfonamides is 1. The molecule has 0 aromatic heterocycles. The molecule has 2 N–H and O–H groups in total. The monoisotopic (exact) mass is 410 g/mol. The third-order valence-electron chi connectivity index (χ3n) is 3.73. The normalized spacial score (nSPS) is 12.3. The lowest BCUT2D eigenvalue weighted by Crippen LogP contribution is -2.35. The van der Waals surface area contributed by atoms with Gasteiger partial charge in [-0.3, -0.25) is 9.52 Å². The molecule has 2 aromatic rings. The maximum Gasteiger partial charge on any atom is 0.261 e. The Balaban J connectivity index is 1.93. The van der Waals surface area contributed by atoms with Gasteiger partial charge in [-0.25, -0.2) is 8.42 Å². The largest absolute Gasteiger partial charge is 0.484 e. The van der Waals surface area contributed by atoms with Crippen molar-refractivity contribution >= 4 is 33.2 Å². The Morgan fingerprint density at radius 3 is 2.33 bits per heavy atom. The average molecular weight is 411 g/mol. The van der Waals surface area contributed by atoms with Crippen molar-refractivity contribution in [1.82, 2.24) is 5.32 Å². The summed E-state index contributed by atoms with van der Waals surface area (Å²) in [6.07, 6.45) is 1.89. The van der Waals surface area contributed by atoms with Crippen molar-refractivity contribution in [2.45, 2.75) is 37.6 Å². The molecule has 8 heteroatoms. The van der Waals surface area contributed by atoms with E-state index in [0.717, 1.165) is 12.8 Å². The zero-order valence-electron chi connectivity index (χ0n) is 15.2. The van der Waals surface area contributed by atoms with Gasteiger partial charge in [-0.05, 0) is 61.9 Å². The van der Waals surface area contributed by atoms with Crippen LogP contribution in [0.3, 0.4) is 0 Å². The van der Waals surface area contributed by atoms with E-state index in [1.165, 1.54) is 24.3 Å². The van der Waals surface area contributed by atoms with Crippen LogP contribution in [0.4, 0.5) is 5.69 Å². The molecule has 0 saturated heterocycles. The minimum Gasteiger partial charge on any atom is -0.484 e. The molecule has 0 aliphatic rings. The van der Waals surface area contributed by atoms with E-state index in [9.17, 15) is 13.2 Å². The van der Waals surface area contributed by atoms with Gasteiger partial charge in [0.25, 0.3) is 15.9 Å². The Labute approximate surface area is 164 Å². The Morgan fingerprint density at radius 2 is 1.74 bits per heavy atom. The first-order valence-corrected chi connectivity index (χ1v) is 10.5. The molecule has 0 radical (unpaired) electrons. The van der Waals surface area contributed by atoms with Crippen LogP contribution in [-0.4, -0.2) is 27.0 Å². The van der Waals surface area contributed by atoms with Gasteiger partial charge in [0.1, 0.15) is 5.75 Å². The first-order chi connectivity index (χ1) is 12.8. The molecule has 0 aliphatic heterocycles. The Morgan fingerprint density at radius 1 is 1.11 bits per heavy atom. The quantitative estimate of drug-likeness (QED) is 0.658. The van der Waals surface area contributed by atoms with E-state index in [0.29, 0.717) is 16.5 Å². The number of anilines is 1. The highest BCUT2D eigenvalue weighted by molar-refractivity contribution is 7.92. The van der Waals surface area contributed by atoms with E-state index in [1.807, 2.05) is 6.92 Å². The molecule has 0 fully saturated rings. The van der Waals surface area contributed by atoms with Gasteiger partial charge in [-0.15, -0.1) is 0 Å². The summed E-state index contributed by atoms with van der Waals surface area (Å²) in [5, 5.41) is 3.36. The number of amides is 1. The molecule has 0 aliphatic carbocycles. The van der Waals surface area contributed by atoms with Crippen LogP contribution >= 0.6 is 11.6 Å². The summed E-state index contributed by atoms with van der Waals surface area (Å²) in [6.45, 7) is 3.87. The summed E-state index contributed by atoms with van der Waals surface area (Å²) in [4.78, 5) is 11.9. The van der Waals surface area contributed by atoms with E-state index in [2.05, 4.69) is 17.0 Å². The molecule has 6 nitrogen and oxygen atoms in total. The van der Waals surface area contributed by atoms with Crippen LogP contribution < -0.4 is 14.8 Å². The molecule has 2 rings (SSSR count). The maximum absolute atomic E-state index is 12.4. The van der Waals surface area contributed by atoms with Crippen molar-refractivity contribution in [3.63, 3.8) is 0 Å². The highest BCUT2D eigenvalue weighted by atomic mass is 35.5. The van der Waals surface area contributed by atoms with Gasteiger partial charge in [-0.1, -0.05) is 24.9 Å². The van der Waals surface area contributed by atoms with E-state index in [-0.39, 0.29) is 23.5 Å². The van der Waals surface area contributed by atoms with Crippen LogP contribution in [0.15, 0.2) is 53.4 Å². The van der Waals surface area contributed by atoms with E-state index in [1.54, 1.807) is 24.3 Å². The molecular weight excluding hydrogens is 388 g/mol. The number of carbonyl (C=O) groups excluding carboxylic acids is 1. The molecule has 1 atom stereocenters. The van der Waals surface area contributed by atoms with E-state index >= 15 is 0 Å². The zero-order valence-corrected chi connectivity index (χ0v) is 16.8. The molecule has 146 valence electrons. The van der Waals surface area contributed by atoms with Gasteiger partial charge in [-0.2, -0.15) is 0 Å². The fourth-order valence-corrected chi connectivity index (χ4v) is 3.60. The van der Waals surface area contributed by atoms with Crippen LogP contribution in [0.25, 0.3) is 0 Å². The second-order valence-corrected chi connectivity index (χ2v) is 8.25. The highest BCUT2D eigenvalue weighted by Crippen LogP contribution is 2.20. The van der Waals surface area contributed by atoms with E-state index in [4.69, 9.17) is 16.3 Å². The summed E-state index contributed by atoms with van der Waals surface area (Å²) in [5.74, 6) is 0.204. The standard InChI is InChI=1S/C19H23ClN2O4S/c1-3-4-14(2)21-19(23)13-26-17-9-11-18(12-10-17)27(24,25)22-16-7-5-15(20)6-8-16/h5-12,14,22H,3-4,13H2,1-2H3,(H,21,23)/t14-/m0/s1. The summed E-state index contributed by atoms with van der Waals surface area (Å²) in [7, 11) is -3.72. The lowest BCUT2D eigenvalue weighted by Gasteiger charge is -2.13. The molecule has 0 spiro atoms. The molecule has 1 amide bonds. The van der Waals surface area contributed by atoms with Crippen molar-refractivity contribution in [2.24, 2.45) is 0 Å². The fraction of sp³-hybridized carbons (Fsp3) is 0.316. The number of nitrogens with one attached hydrogen (secondary N) is 2. The summed E-state index contributed by atoms with van der Waals surface area (Å²) in [6, 6.07) is 12.3. The topological polar surface area (TPSA) is 84.5 Å². The lowest BCUT2D eigenvalue weighted by molar-refractivity contribution is -0.123. The highest BCUT2D eigenvalue weighted by Gasteiger charge is 2.14. The number of ether oxygens (including phenoxy) is 1. The van der Waals surface area contributed by atoms with Gasteiger partial charge >= 0.3 is 0 Å². The molecule has 0 heterocycles. The first-order valence-electron chi connectivity index (χ1n) is 8.61. The molecule has 2 aromatic carbocycles. The number of carbonyl (C=O) groups is 1. The van der Waals surface area contributed by atoms with Crippen LogP contribution in [0.1, 0.15) is 26.7 Å². The van der Waals surface area contributed by atoms with E-state index < -0.39 is 10.0 Å². The number of halogens is 1. The summed E-state index contributed by atoms with van der Waals surface area (Å²) in [5.41, 5.74) is 0.414. The Hall–Kier alpha value is -2.25. The lowest BCUT2D eigenvalue weighted by atomic mass is 10.2. The SMILES string of the molecule is CCC[C@H](C)NC(=O)COc1ccc(S(=O)(=O)Nc2ccc(Cl)cc2)cc1. The first kappa shape index (κ1) is 21.1. The van der Waals surface area contributed by atoms with Crippen molar-refractivity contribution < 1.29 is 17.9 Å². The van der Waals surface area contributed by atoms with Crippen molar-refractivity contribution in [3.8, 4) is 5.75 Å². The zero-order chi connectivity index (χ0) is 19.9. The average Bonchev–Trinajstić information content (AvgIpc) is 2.62. The van der Waals surface area contributed by atoms with Crippen LogP contribution in [0.5, 0.6) is 5.75 Å². The fourth-order valence-electron chi connectivity index (χ4n) is 2.42. The van der Waals surface area contributed by atoms with Crippen LogP contribution in [0, 0.1) is 0 Å². The number of rotatable bonds is 9. The Kier molecular flexibility index (Phi) is 7.50. The van der Waals surface area contributed by atoms with Gasteiger partial charge in [0, 0.05) is 16.8 Å². The number of hydrogen-bond donors (Lipinski definition) is 2. The Bertz CT molecular complexity index is 852. The molecular formula is C19H23ClN2O4S. The minimum absolute atomic E-state index is 0.0887. The van der Waals surface area contributed by atoms with Crippen LogP contribution in [-0.2, 0) is 14.8 Å². The van der Waals surface area contributed by atoms with Gasteiger partial charge in [0.15, 0.2) is 6.61 Å². The minimum atomic E-state index is -3.72. The summed E-state index contributed by atoms with van der Waals surface area (Å²) >= 11 is 5.79.